The zero-order chi connectivity index (χ0) is 10.8. The lowest BCUT2D eigenvalue weighted by molar-refractivity contribution is 0.454. The maximum atomic E-state index is 9.79. The van der Waals surface area contributed by atoms with E-state index < -0.39 is 0 Å². The molecule has 3 nitrogen and oxygen atoms in total. The van der Waals surface area contributed by atoms with E-state index in [0.29, 0.717) is 17.0 Å². The van der Waals surface area contributed by atoms with E-state index >= 15 is 0 Å². The Morgan fingerprint density at radius 1 is 1.50 bits per heavy atom. The predicted molar refractivity (Wildman–Crippen MR) is 64.3 cm³/mol. The summed E-state index contributed by atoms with van der Waals surface area (Å²) in [5, 5.41) is 18.6. The van der Waals surface area contributed by atoms with Crippen molar-refractivity contribution in [2.45, 2.75) is 25.3 Å². The van der Waals surface area contributed by atoms with Crippen molar-refractivity contribution >= 4 is 12.4 Å². The normalized spacial score (nSPS) is 16.0. The van der Waals surface area contributed by atoms with E-state index in [4.69, 9.17) is 11.0 Å². The van der Waals surface area contributed by atoms with E-state index in [-0.39, 0.29) is 24.2 Å². The molecule has 2 rings (SSSR count). The molecule has 0 aromatic heterocycles. The molecule has 1 atom stereocenters. The molecule has 86 valence electrons. The fourth-order valence-corrected chi connectivity index (χ4v) is 1.79. The SMILES string of the molecule is Cl.N#Cc1cccc([C@@H](N)CC2CC2)c1O. The van der Waals surface area contributed by atoms with Crippen LogP contribution in [0.2, 0.25) is 0 Å². The maximum Gasteiger partial charge on any atom is 0.138 e. The van der Waals surface area contributed by atoms with Crippen LogP contribution in [0.4, 0.5) is 0 Å². The molecule has 0 bridgehead atoms. The van der Waals surface area contributed by atoms with Gasteiger partial charge in [-0.2, -0.15) is 5.26 Å². The Bertz CT molecular complexity index is 410. The summed E-state index contributed by atoms with van der Waals surface area (Å²) in [6, 6.07) is 6.97. The van der Waals surface area contributed by atoms with Crippen LogP contribution in [0.25, 0.3) is 0 Å². The van der Waals surface area contributed by atoms with Gasteiger partial charge in [0.25, 0.3) is 0 Å². The highest BCUT2D eigenvalue weighted by atomic mass is 35.5. The number of rotatable bonds is 3. The van der Waals surface area contributed by atoms with Crippen molar-refractivity contribution in [1.82, 2.24) is 0 Å². The van der Waals surface area contributed by atoms with Crippen molar-refractivity contribution < 1.29 is 5.11 Å². The van der Waals surface area contributed by atoms with Crippen LogP contribution < -0.4 is 5.73 Å². The standard InChI is InChI=1S/C12H14N2O.ClH/c13-7-9-2-1-3-10(12(9)15)11(14)6-8-4-5-8;/h1-3,8,11,15H,4-6,14H2;1H/t11-;/m0./s1. The largest absolute Gasteiger partial charge is 0.506 e. The van der Waals surface area contributed by atoms with Crippen LogP contribution in [0.15, 0.2) is 18.2 Å². The number of aromatic hydroxyl groups is 1. The van der Waals surface area contributed by atoms with Gasteiger partial charge in [-0.3, -0.25) is 0 Å². The smallest absolute Gasteiger partial charge is 0.138 e. The third-order valence-electron chi connectivity index (χ3n) is 2.87. The number of hydrogen-bond donors (Lipinski definition) is 2. The molecule has 3 N–H and O–H groups in total. The zero-order valence-electron chi connectivity index (χ0n) is 8.89. The van der Waals surface area contributed by atoms with E-state index in [0.717, 1.165) is 6.42 Å². The number of hydrogen-bond acceptors (Lipinski definition) is 3. The Morgan fingerprint density at radius 3 is 2.75 bits per heavy atom. The highest BCUT2D eigenvalue weighted by molar-refractivity contribution is 5.85. The summed E-state index contributed by atoms with van der Waals surface area (Å²) in [5.74, 6) is 0.762. The Kier molecular flexibility index (Phi) is 4.17. The lowest BCUT2D eigenvalue weighted by atomic mass is 9.99. The molecular weight excluding hydrogens is 224 g/mol. The maximum absolute atomic E-state index is 9.79. The Hall–Kier alpha value is -1.24. The number of para-hydroxylation sites is 1. The molecule has 0 saturated heterocycles. The molecule has 0 heterocycles. The van der Waals surface area contributed by atoms with Gasteiger partial charge in [0.05, 0.1) is 5.56 Å². The summed E-state index contributed by atoms with van der Waals surface area (Å²) in [5.41, 5.74) is 6.99. The third-order valence-corrected chi connectivity index (χ3v) is 2.87. The van der Waals surface area contributed by atoms with E-state index in [2.05, 4.69) is 0 Å². The quantitative estimate of drug-likeness (QED) is 0.850. The van der Waals surface area contributed by atoms with Gasteiger partial charge in [-0.1, -0.05) is 25.0 Å². The second-order valence-electron chi connectivity index (χ2n) is 4.14. The molecule has 0 spiro atoms. The second-order valence-corrected chi connectivity index (χ2v) is 4.14. The van der Waals surface area contributed by atoms with Gasteiger partial charge >= 0.3 is 0 Å². The highest BCUT2D eigenvalue weighted by Gasteiger charge is 2.25. The van der Waals surface area contributed by atoms with Crippen LogP contribution in [0.1, 0.15) is 36.4 Å². The molecule has 1 aliphatic carbocycles. The molecule has 4 heteroatoms. The van der Waals surface area contributed by atoms with Crippen molar-refractivity contribution in [2.75, 3.05) is 0 Å². The molecule has 1 aromatic rings. The monoisotopic (exact) mass is 238 g/mol. The van der Waals surface area contributed by atoms with Gasteiger partial charge < -0.3 is 10.8 Å². The number of benzene rings is 1. The molecule has 1 fully saturated rings. The molecule has 16 heavy (non-hydrogen) atoms. The fourth-order valence-electron chi connectivity index (χ4n) is 1.79. The highest BCUT2D eigenvalue weighted by Crippen LogP contribution is 2.38. The van der Waals surface area contributed by atoms with E-state index in [1.165, 1.54) is 12.8 Å². The Morgan fingerprint density at radius 2 is 2.19 bits per heavy atom. The van der Waals surface area contributed by atoms with E-state index in [1.807, 2.05) is 6.07 Å². The van der Waals surface area contributed by atoms with Crippen LogP contribution in [-0.2, 0) is 0 Å². The number of halogens is 1. The Labute approximate surface area is 101 Å². The molecule has 0 amide bonds. The predicted octanol–water partition coefficient (Wildman–Crippen LogP) is 2.49. The van der Waals surface area contributed by atoms with Crippen molar-refractivity contribution in [3.05, 3.63) is 29.3 Å². The topological polar surface area (TPSA) is 70.0 Å². The molecule has 1 aliphatic rings. The van der Waals surface area contributed by atoms with E-state index in [9.17, 15) is 5.11 Å². The molecule has 0 aliphatic heterocycles. The van der Waals surface area contributed by atoms with Gasteiger partial charge in [0.2, 0.25) is 0 Å². The van der Waals surface area contributed by atoms with Crippen LogP contribution in [-0.4, -0.2) is 5.11 Å². The zero-order valence-corrected chi connectivity index (χ0v) is 9.70. The minimum atomic E-state index is -0.147. The van der Waals surface area contributed by atoms with Gasteiger partial charge in [0, 0.05) is 11.6 Å². The van der Waals surface area contributed by atoms with Crippen molar-refractivity contribution in [3.63, 3.8) is 0 Å². The summed E-state index contributed by atoms with van der Waals surface area (Å²) in [4.78, 5) is 0. The first kappa shape index (κ1) is 12.8. The average Bonchev–Trinajstić information content (AvgIpc) is 3.02. The number of phenols is 1. The van der Waals surface area contributed by atoms with Gasteiger partial charge in [0.15, 0.2) is 0 Å². The minimum absolute atomic E-state index is 0. The number of nitrogens with two attached hydrogens (primary N) is 1. The number of phenolic OH excluding ortho intramolecular Hbond substituents is 1. The van der Waals surface area contributed by atoms with Crippen molar-refractivity contribution in [2.24, 2.45) is 11.7 Å². The lowest BCUT2D eigenvalue weighted by Crippen LogP contribution is -2.11. The van der Waals surface area contributed by atoms with Crippen molar-refractivity contribution in [3.8, 4) is 11.8 Å². The van der Waals surface area contributed by atoms with Crippen molar-refractivity contribution in [1.29, 1.82) is 5.26 Å². The summed E-state index contributed by atoms with van der Waals surface area (Å²) in [6.45, 7) is 0. The first-order chi connectivity index (χ1) is 7.22. The van der Waals surface area contributed by atoms with Crippen LogP contribution in [0.5, 0.6) is 5.75 Å². The number of nitriles is 1. The summed E-state index contributed by atoms with van der Waals surface area (Å²) in [6.07, 6.45) is 3.39. The van der Waals surface area contributed by atoms with Gasteiger partial charge in [-0.25, -0.2) is 0 Å². The molecular formula is C12H15ClN2O. The van der Waals surface area contributed by atoms with Crippen LogP contribution >= 0.6 is 12.4 Å². The summed E-state index contributed by atoms with van der Waals surface area (Å²) >= 11 is 0. The first-order valence-corrected chi connectivity index (χ1v) is 5.20. The lowest BCUT2D eigenvalue weighted by Gasteiger charge is -2.13. The second kappa shape index (κ2) is 5.20. The summed E-state index contributed by atoms with van der Waals surface area (Å²) < 4.78 is 0. The molecule has 1 saturated carbocycles. The third kappa shape index (κ3) is 2.66. The molecule has 0 radical (unpaired) electrons. The fraction of sp³-hybridized carbons (Fsp3) is 0.417. The van der Waals surface area contributed by atoms with Crippen LogP contribution in [0.3, 0.4) is 0 Å². The minimum Gasteiger partial charge on any atom is -0.506 e. The van der Waals surface area contributed by atoms with Gasteiger partial charge in [0.1, 0.15) is 11.8 Å². The van der Waals surface area contributed by atoms with Crippen LogP contribution in [0, 0.1) is 17.2 Å². The first-order valence-electron chi connectivity index (χ1n) is 5.20. The molecule has 0 unspecified atom stereocenters. The van der Waals surface area contributed by atoms with Gasteiger partial charge in [-0.05, 0) is 18.4 Å². The van der Waals surface area contributed by atoms with Gasteiger partial charge in [-0.15, -0.1) is 12.4 Å². The number of nitrogens with zero attached hydrogens (tertiary/aromatic N) is 1. The average molecular weight is 239 g/mol. The van der Waals surface area contributed by atoms with E-state index in [1.54, 1.807) is 18.2 Å². The Balaban J connectivity index is 0.00000128. The molecule has 1 aromatic carbocycles. The summed E-state index contributed by atoms with van der Waals surface area (Å²) in [7, 11) is 0.